The van der Waals surface area contributed by atoms with Crippen LogP contribution >= 0.6 is 7.82 Å². The van der Waals surface area contributed by atoms with E-state index in [1.54, 1.807) is 0 Å². The van der Waals surface area contributed by atoms with Crippen molar-refractivity contribution in [3.63, 3.8) is 0 Å². The van der Waals surface area contributed by atoms with Gasteiger partial charge < -0.3 is 18.8 Å². The molecule has 0 bridgehead atoms. The van der Waals surface area contributed by atoms with Crippen LogP contribution in [0.1, 0.15) is 103 Å². The highest BCUT2D eigenvalue weighted by Gasteiger charge is 2.22. The molecule has 0 spiro atoms. The number of unbranched alkanes of at least 4 members (excludes halogenated alkanes) is 12. The van der Waals surface area contributed by atoms with Gasteiger partial charge in [-0.25, -0.2) is 0 Å². The Balaban J connectivity index is 3.60. The first-order valence-corrected chi connectivity index (χ1v) is 13.3. The summed E-state index contributed by atoms with van der Waals surface area (Å²) >= 11 is 0. The van der Waals surface area contributed by atoms with Gasteiger partial charge in [0.05, 0.1) is 21.1 Å². The van der Waals surface area contributed by atoms with E-state index < -0.39 is 13.9 Å². The summed E-state index contributed by atoms with van der Waals surface area (Å²) < 4.78 is 16.5. The molecular formula is C23H48NO4P. The standard InChI is InChI=1S/C23H48NO4P/c1-5-6-7-8-9-10-11-12-13-14-15-16-17-18-19-20-21-23(22-24(2,3)4)28-29(25,26)27/h12-13,23H,5-11,14-22H2,1-4H3,(H-,25,26,27)/b13-12-. The molecule has 0 aromatic heterocycles. The maximum atomic E-state index is 11.0. The Morgan fingerprint density at radius 1 is 0.862 bits per heavy atom. The molecule has 1 N–H and O–H groups in total. The molecule has 0 amide bonds. The molecule has 0 aliphatic carbocycles. The van der Waals surface area contributed by atoms with Crippen molar-refractivity contribution in [3.05, 3.63) is 12.2 Å². The zero-order chi connectivity index (χ0) is 22.0. The van der Waals surface area contributed by atoms with Gasteiger partial charge >= 0.3 is 0 Å². The maximum Gasteiger partial charge on any atom is 0.265 e. The molecule has 0 rings (SSSR count). The third-order valence-electron chi connectivity index (χ3n) is 5.07. The lowest BCUT2D eigenvalue weighted by Gasteiger charge is -2.31. The minimum Gasteiger partial charge on any atom is -0.756 e. The molecule has 2 unspecified atom stereocenters. The van der Waals surface area contributed by atoms with Crippen LogP contribution in [0.2, 0.25) is 0 Å². The van der Waals surface area contributed by atoms with Gasteiger partial charge in [-0.1, -0.05) is 83.3 Å². The molecule has 0 heterocycles. The van der Waals surface area contributed by atoms with Gasteiger partial charge in [0, 0.05) is 0 Å². The summed E-state index contributed by atoms with van der Waals surface area (Å²) in [5.74, 6) is 0. The number of quaternary nitrogens is 1. The molecule has 2 atom stereocenters. The molecule has 0 aromatic carbocycles. The van der Waals surface area contributed by atoms with E-state index in [-0.39, 0.29) is 0 Å². The lowest BCUT2D eigenvalue weighted by molar-refractivity contribution is -0.873. The van der Waals surface area contributed by atoms with E-state index >= 15 is 0 Å². The highest BCUT2D eigenvalue weighted by Crippen LogP contribution is 2.34. The second-order valence-electron chi connectivity index (χ2n) is 9.40. The van der Waals surface area contributed by atoms with Crippen LogP contribution in [-0.2, 0) is 9.09 Å². The van der Waals surface area contributed by atoms with Crippen LogP contribution in [0.5, 0.6) is 0 Å². The van der Waals surface area contributed by atoms with Gasteiger partial charge in [-0.05, 0) is 32.1 Å². The first-order chi connectivity index (χ1) is 13.6. The third kappa shape index (κ3) is 24.0. The topological polar surface area (TPSA) is 69.6 Å². The van der Waals surface area contributed by atoms with E-state index in [1.807, 2.05) is 21.1 Å². The summed E-state index contributed by atoms with van der Waals surface area (Å²) in [5, 5.41) is 0. The van der Waals surface area contributed by atoms with Crippen LogP contribution in [0, 0.1) is 0 Å². The van der Waals surface area contributed by atoms with Crippen molar-refractivity contribution in [1.29, 1.82) is 0 Å². The van der Waals surface area contributed by atoms with Gasteiger partial charge in [0.25, 0.3) is 7.82 Å². The van der Waals surface area contributed by atoms with Crippen molar-refractivity contribution in [3.8, 4) is 0 Å². The van der Waals surface area contributed by atoms with Crippen molar-refractivity contribution < 1.29 is 23.4 Å². The fourth-order valence-electron chi connectivity index (χ4n) is 3.60. The average molecular weight is 434 g/mol. The number of phosphoric ester groups is 1. The largest absolute Gasteiger partial charge is 0.756 e. The number of allylic oxidation sites excluding steroid dienone is 2. The zero-order valence-electron chi connectivity index (χ0n) is 19.6. The fraction of sp³-hybridized carbons (Fsp3) is 0.913. The monoisotopic (exact) mass is 433 g/mol. The predicted octanol–water partition coefficient (Wildman–Crippen LogP) is 5.97. The van der Waals surface area contributed by atoms with Crippen molar-refractivity contribution in [1.82, 2.24) is 0 Å². The fourth-order valence-corrected chi connectivity index (χ4v) is 4.14. The number of hydrogen-bond acceptors (Lipinski definition) is 3. The second kappa shape index (κ2) is 17.5. The minimum absolute atomic E-state index is 0.444. The first kappa shape index (κ1) is 28.8. The van der Waals surface area contributed by atoms with Gasteiger partial charge in [-0.2, -0.15) is 0 Å². The molecule has 0 radical (unpaired) electrons. The van der Waals surface area contributed by atoms with Gasteiger partial charge in [-0.3, -0.25) is 4.57 Å². The molecule has 29 heavy (non-hydrogen) atoms. The van der Waals surface area contributed by atoms with Crippen molar-refractivity contribution in [2.45, 2.75) is 109 Å². The molecule has 0 aliphatic rings. The number of likely N-dealkylation sites (N-methyl/N-ethyl adjacent to an activating group) is 1. The Kier molecular flexibility index (Phi) is 17.4. The second-order valence-corrected chi connectivity index (χ2v) is 10.5. The molecule has 174 valence electrons. The lowest BCUT2D eigenvalue weighted by atomic mass is 10.1. The van der Waals surface area contributed by atoms with Crippen LogP contribution in [0.4, 0.5) is 0 Å². The van der Waals surface area contributed by atoms with E-state index in [0.29, 0.717) is 17.4 Å². The lowest BCUT2D eigenvalue weighted by Crippen LogP contribution is -2.42. The van der Waals surface area contributed by atoms with E-state index in [4.69, 9.17) is 9.42 Å². The minimum atomic E-state index is -4.67. The van der Waals surface area contributed by atoms with Crippen LogP contribution in [0.15, 0.2) is 12.2 Å². The quantitative estimate of drug-likeness (QED) is 0.111. The van der Waals surface area contributed by atoms with Gasteiger partial charge in [0.2, 0.25) is 0 Å². The Bertz CT molecular complexity index is 443. The maximum absolute atomic E-state index is 11.0. The Morgan fingerprint density at radius 3 is 1.76 bits per heavy atom. The van der Waals surface area contributed by atoms with E-state index in [0.717, 1.165) is 12.8 Å². The number of phosphoric acid groups is 1. The summed E-state index contributed by atoms with van der Waals surface area (Å²) in [6.45, 7) is 2.83. The molecule has 0 saturated carbocycles. The average Bonchev–Trinajstić information content (AvgIpc) is 2.58. The summed E-state index contributed by atoms with van der Waals surface area (Å²) in [4.78, 5) is 20.0. The molecular weight excluding hydrogens is 385 g/mol. The smallest absolute Gasteiger partial charge is 0.265 e. The Labute approximate surface area is 180 Å². The van der Waals surface area contributed by atoms with Gasteiger partial charge in [0.1, 0.15) is 12.6 Å². The molecule has 6 heteroatoms. The molecule has 0 fully saturated rings. The van der Waals surface area contributed by atoms with Gasteiger partial charge in [-0.15, -0.1) is 0 Å². The third-order valence-corrected chi connectivity index (χ3v) is 5.64. The molecule has 5 nitrogen and oxygen atoms in total. The van der Waals surface area contributed by atoms with Crippen molar-refractivity contribution in [2.75, 3.05) is 27.7 Å². The van der Waals surface area contributed by atoms with Crippen molar-refractivity contribution >= 4 is 7.82 Å². The highest BCUT2D eigenvalue weighted by molar-refractivity contribution is 7.44. The summed E-state index contributed by atoms with van der Waals surface area (Å²) in [7, 11) is 1.31. The first-order valence-electron chi connectivity index (χ1n) is 11.8. The highest BCUT2D eigenvalue weighted by atomic mass is 31.2. The number of nitrogens with zero attached hydrogens (tertiary/aromatic N) is 1. The normalized spacial score (nSPS) is 15.7. The molecule has 0 saturated heterocycles. The summed E-state index contributed by atoms with van der Waals surface area (Å²) in [6, 6.07) is 0. The number of rotatable bonds is 20. The SMILES string of the molecule is CCCCCCCC/C=C\CCCCCCCCC(C[N+](C)(C)C)OP(=O)([O-])O. The van der Waals surface area contributed by atoms with E-state index in [9.17, 15) is 9.46 Å². The van der Waals surface area contributed by atoms with Gasteiger partial charge in [0.15, 0.2) is 0 Å². The summed E-state index contributed by atoms with van der Waals surface area (Å²) in [5.41, 5.74) is 0. The van der Waals surface area contributed by atoms with E-state index in [1.165, 1.54) is 77.0 Å². The predicted molar refractivity (Wildman–Crippen MR) is 122 cm³/mol. The Hall–Kier alpha value is -0.190. The van der Waals surface area contributed by atoms with Crippen molar-refractivity contribution in [2.24, 2.45) is 0 Å². The molecule has 0 aliphatic heterocycles. The van der Waals surface area contributed by atoms with E-state index in [2.05, 4.69) is 19.1 Å². The van der Waals surface area contributed by atoms with Crippen LogP contribution in [-0.4, -0.2) is 43.2 Å². The summed E-state index contributed by atoms with van der Waals surface area (Å²) in [6.07, 6.45) is 22.4. The Morgan fingerprint density at radius 2 is 1.31 bits per heavy atom. The molecule has 0 aromatic rings. The van der Waals surface area contributed by atoms with Crippen LogP contribution in [0.3, 0.4) is 0 Å². The zero-order valence-corrected chi connectivity index (χ0v) is 20.5. The van der Waals surface area contributed by atoms with Crippen LogP contribution in [0.25, 0.3) is 0 Å². The number of hydrogen-bond donors (Lipinski definition) is 1. The van der Waals surface area contributed by atoms with Crippen LogP contribution < -0.4 is 4.89 Å².